The molecule has 0 fully saturated rings. The number of hydrogen-bond acceptors (Lipinski definition) is 3. The SMILES string of the molecule is CCNCC(COC)N(CC)C(C)CC. The smallest absolute Gasteiger partial charge is 0.0630 e. The fourth-order valence-electron chi connectivity index (χ4n) is 1.94. The van der Waals surface area contributed by atoms with Crippen molar-refractivity contribution >= 4 is 0 Å². The zero-order valence-corrected chi connectivity index (χ0v) is 11.0. The Labute approximate surface area is 95.2 Å². The molecule has 0 heterocycles. The largest absolute Gasteiger partial charge is 0.383 e. The van der Waals surface area contributed by atoms with Crippen LogP contribution in [0.5, 0.6) is 0 Å². The van der Waals surface area contributed by atoms with Gasteiger partial charge < -0.3 is 10.1 Å². The monoisotopic (exact) mass is 216 g/mol. The van der Waals surface area contributed by atoms with Crippen LogP contribution in [0, 0.1) is 0 Å². The lowest BCUT2D eigenvalue weighted by atomic mass is 10.1. The zero-order chi connectivity index (χ0) is 11.7. The number of nitrogens with one attached hydrogen (secondary N) is 1. The van der Waals surface area contributed by atoms with E-state index in [4.69, 9.17) is 4.74 Å². The lowest BCUT2D eigenvalue weighted by molar-refractivity contribution is 0.0676. The standard InChI is InChI=1S/C12H28N2O/c1-6-11(4)14(8-3)12(10-15-5)9-13-7-2/h11-13H,6-10H2,1-5H3. The van der Waals surface area contributed by atoms with Gasteiger partial charge in [0.2, 0.25) is 0 Å². The first-order valence-electron chi connectivity index (χ1n) is 6.16. The molecule has 1 N–H and O–H groups in total. The van der Waals surface area contributed by atoms with E-state index in [9.17, 15) is 0 Å². The molecule has 15 heavy (non-hydrogen) atoms. The summed E-state index contributed by atoms with van der Waals surface area (Å²) in [6.07, 6.45) is 1.19. The third-order valence-corrected chi connectivity index (χ3v) is 2.98. The molecule has 0 amide bonds. The van der Waals surface area contributed by atoms with Crippen molar-refractivity contribution in [2.45, 2.75) is 46.2 Å². The van der Waals surface area contributed by atoms with Crippen molar-refractivity contribution in [2.75, 3.05) is 33.4 Å². The minimum atomic E-state index is 0.495. The molecule has 0 spiro atoms. The third-order valence-electron chi connectivity index (χ3n) is 2.98. The first-order chi connectivity index (χ1) is 7.21. The summed E-state index contributed by atoms with van der Waals surface area (Å²) < 4.78 is 5.30. The topological polar surface area (TPSA) is 24.5 Å². The molecule has 3 heteroatoms. The van der Waals surface area contributed by atoms with Crippen LogP contribution in [0.25, 0.3) is 0 Å². The molecule has 3 nitrogen and oxygen atoms in total. The molecule has 0 radical (unpaired) electrons. The molecule has 0 rings (SSSR count). The van der Waals surface area contributed by atoms with Gasteiger partial charge in [-0.1, -0.05) is 20.8 Å². The van der Waals surface area contributed by atoms with Gasteiger partial charge >= 0.3 is 0 Å². The van der Waals surface area contributed by atoms with Crippen molar-refractivity contribution in [3.8, 4) is 0 Å². The average molecular weight is 216 g/mol. The maximum absolute atomic E-state index is 5.30. The number of rotatable bonds is 9. The predicted molar refractivity (Wildman–Crippen MR) is 66.3 cm³/mol. The number of methoxy groups -OCH3 is 1. The van der Waals surface area contributed by atoms with Gasteiger partial charge in [0.25, 0.3) is 0 Å². The molecule has 2 unspecified atom stereocenters. The number of ether oxygens (including phenoxy) is 1. The summed E-state index contributed by atoms with van der Waals surface area (Å²) in [6, 6.07) is 1.13. The normalized spacial score (nSPS) is 15.6. The first-order valence-corrected chi connectivity index (χ1v) is 6.16. The van der Waals surface area contributed by atoms with Crippen LogP contribution in [0.1, 0.15) is 34.1 Å². The Morgan fingerprint density at radius 1 is 1.27 bits per heavy atom. The molecule has 92 valence electrons. The quantitative estimate of drug-likeness (QED) is 0.635. The fraction of sp³-hybridized carbons (Fsp3) is 1.00. The Morgan fingerprint density at radius 3 is 2.33 bits per heavy atom. The highest BCUT2D eigenvalue weighted by Crippen LogP contribution is 2.08. The number of likely N-dealkylation sites (N-methyl/N-ethyl adjacent to an activating group) is 2. The fourth-order valence-corrected chi connectivity index (χ4v) is 1.94. The zero-order valence-electron chi connectivity index (χ0n) is 11.0. The van der Waals surface area contributed by atoms with E-state index in [1.807, 2.05) is 0 Å². The van der Waals surface area contributed by atoms with Gasteiger partial charge in [-0.3, -0.25) is 4.90 Å². The van der Waals surface area contributed by atoms with Crippen molar-refractivity contribution in [2.24, 2.45) is 0 Å². The van der Waals surface area contributed by atoms with Crippen molar-refractivity contribution in [1.29, 1.82) is 0 Å². The van der Waals surface area contributed by atoms with E-state index >= 15 is 0 Å². The highest BCUT2D eigenvalue weighted by atomic mass is 16.5. The van der Waals surface area contributed by atoms with Crippen molar-refractivity contribution < 1.29 is 4.74 Å². The van der Waals surface area contributed by atoms with Crippen molar-refractivity contribution in [3.05, 3.63) is 0 Å². The van der Waals surface area contributed by atoms with Gasteiger partial charge in [-0.15, -0.1) is 0 Å². The van der Waals surface area contributed by atoms with Gasteiger partial charge in [0.05, 0.1) is 6.61 Å². The molecule has 0 saturated carbocycles. The molecule has 0 aromatic carbocycles. The highest BCUT2D eigenvalue weighted by molar-refractivity contribution is 4.77. The van der Waals surface area contributed by atoms with Gasteiger partial charge in [0, 0.05) is 25.7 Å². The molecule has 0 aliphatic rings. The Balaban J connectivity index is 4.25. The van der Waals surface area contributed by atoms with Crippen LogP contribution in [0.4, 0.5) is 0 Å². The van der Waals surface area contributed by atoms with Crippen LogP contribution >= 0.6 is 0 Å². The van der Waals surface area contributed by atoms with E-state index in [1.54, 1.807) is 7.11 Å². The van der Waals surface area contributed by atoms with Gasteiger partial charge in [-0.05, 0) is 26.4 Å². The van der Waals surface area contributed by atoms with Crippen molar-refractivity contribution in [1.82, 2.24) is 10.2 Å². The number of hydrogen-bond donors (Lipinski definition) is 1. The van der Waals surface area contributed by atoms with E-state index < -0.39 is 0 Å². The van der Waals surface area contributed by atoms with Crippen LogP contribution in [-0.4, -0.2) is 50.3 Å². The summed E-state index contributed by atoms with van der Waals surface area (Å²) in [5.74, 6) is 0. The summed E-state index contributed by atoms with van der Waals surface area (Å²) in [4.78, 5) is 2.52. The Morgan fingerprint density at radius 2 is 1.93 bits per heavy atom. The van der Waals surface area contributed by atoms with Crippen LogP contribution in [0.15, 0.2) is 0 Å². The third kappa shape index (κ3) is 5.50. The van der Waals surface area contributed by atoms with Gasteiger partial charge in [0.1, 0.15) is 0 Å². The highest BCUT2D eigenvalue weighted by Gasteiger charge is 2.20. The van der Waals surface area contributed by atoms with Gasteiger partial charge in [-0.2, -0.15) is 0 Å². The lowest BCUT2D eigenvalue weighted by Gasteiger charge is -2.35. The summed E-state index contributed by atoms with van der Waals surface area (Å²) in [7, 11) is 1.78. The van der Waals surface area contributed by atoms with E-state index in [-0.39, 0.29) is 0 Å². The maximum atomic E-state index is 5.30. The second kappa shape index (κ2) is 9.13. The molecule has 0 saturated heterocycles. The lowest BCUT2D eigenvalue weighted by Crippen LogP contribution is -2.49. The molecule has 0 aliphatic carbocycles. The molecule has 0 bridgehead atoms. The molecule has 2 atom stereocenters. The molecular formula is C12H28N2O. The van der Waals surface area contributed by atoms with Crippen LogP contribution < -0.4 is 5.32 Å². The Hall–Kier alpha value is -0.120. The predicted octanol–water partition coefficient (Wildman–Crippen LogP) is 1.73. The molecule has 0 aromatic heterocycles. The van der Waals surface area contributed by atoms with E-state index in [1.165, 1.54) is 6.42 Å². The maximum Gasteiger partial charge on any atom is 0.0630 e. The minimum absolute atomic E-state index is 0.495. The van der Waals surface area contributed by atoms with Crippen molar-refractivity contribution in [3.63, 3.8) is 0 Å². The summed E-state index contributed by atoms with van der Waals surface area (Å²) in [5.41, 5.74) is 0. The van der Waals surface area contributed by atoms with Gasteiger partial charge in [-0.25, -0.2) is 0 Å². The molecular weight excluding hydrogens is 188 g/mol. The molecule has 0 aliphatic heterocycles. The van der Waals surface area contributed by atoms with E-state index in [0.29, 0.717) is 12.1 Å². The first kappa shape index (κ1) is 14.9. The summed E-state index contributed by atoms with van der Waals surface area (Å²) in [6.45, 7) is 12.8. The van der Waals surface area contributed by atoms with Crippen LogP contribution in [-0.2, 0) is 4.74 Å². The number of nitrogens with zero attached hydrogens (tertiary/aromatic N) is 1. The van der Waals surface area contributed by atoms with Gasteiger partial charge in [0.15, 0.2) is 0 Å². The molecule has 0 aromatic rings. The van der Waals surface area contributed by atoms with Crippen LogP contribution in [0.2, 0.25) is 0 Å². The van der Waals surface area contributed by atoms with E-state index in [2.05, 4.69) is 37.9 Å². The second-order valence-electron chi connectivity index (χ2n) is 4.00. The van der Waals surface area contributed by atoms with Crippen LogP contribution in [0.3, 0.4) is 0 Å². The second-order valence-corrected chi connectivity index (χ2v) is 4.00. The summed E-state index contributed by atoms with van der Waals surface area (Å²) in [5, 5.41) is 3.41. The Kier molecular flexibility index (Phi) is 9.06. The Bertz CT molecular complexity index is 142. The summed E-state index contributed by atoms with van der Waals surface area (Å²) >= 11 is 0. The van der Waals surface area contributed by atoms with E-state index in [0.717, 1.165) is 26.2 Å². The average Bonchev–Trinajstić information content (AvgIpc) is 2.26. The minimum Gasteiger partial charge on any atom is -0.383 e.